The van der Waals surface area contributed by atoms with Gasteiger partial charge >= 0.3 is 0 Å². The van der Waals surface area contributed by atoms with Gasteiger partial charge in [-0.3, -0.25) is 9.59 Å². The molecule has 1 amide bonds. The fourth-order valence-corrected chi connectivity index (χ4v) is 3.49. The maximum absolute atomic E-state index is 12.3. The molecule has 1 heterocycles. The molecule has 0 saturated heterocycles. The topological polar surface area (TPSA) is 62.0 Å². The molecule has 0 unspecified atom stereocenters. The molecule has 0 radical (unpaired) electrons. The van der Waals surface area contributed by atoms with Crippen LogP contribution in [-0.4, -0.2) is 17.4 Å². The first-order valence-corrected chi connectivity index (χ1v) is 8.26. The maximum atomic E-state index is 12.3. The lowest BCUT2D eigenvalue weighted by molar-refractivity contribution is 0.0943. The van der Waals surface area contributed by atoms with Gasteiger partial charge in [0.1, 0.15) is 5.69 Å². The van der Waals surface area contributed by atoms with Crippen LogP contribution < -0.4 is 10.9 Å². The van der Waals surface area contributed by atoms with Crippen molar-refractivity contribution in [2.24, 2.45) is 5.92 Å². The zero-order chi connectivity index (χ0) is 16.1. The first-order valence-electron chi connectivity index (χ1n) is 8.26. The molecule has 1 aromatic heterocycles. The molecule has 23 heavy (non-hydrogen) atoms. The van der Waals surface area contributed by atoms with E-state index in [1.807, 2.05) is 18.2 Å². The molecule has 3 rings (SSSR count). The molecular formula is C19H22N2O2. The Morgan fingerprint density at radius 2 is 1.83 bits per heavy atom. The molecular weight excluding hydrogens is 288 g/mol. The molecule has 0 bridgehead atoms. The number of hydrogen-bond donors (Lipinski definition) is 2. The Bertz CT molecular complexity index is 703. The Morgan fingerprint density at radius 1 is 1.09 bits per heavy atom. The standard InChI is InChI=1S/C19H22N2O2/c22-18-12-6-11-17(21-18)19(23)20-13-16(15-9-4-5-10-15)14-7-2-1-3-8-14/h1-3,6-8,11-12,15-16H,4-5,9-10,13H2,(H,20,23)(H,21,22)/t16-/m1/s1. The lowest BCUT2D eigenvalue weighted by atomic mass is 9.85. The quantitative estimate of drug-likeness (QED) is 0.891. The first-order chi connectivity index (χ1) is 11.2. The van der Waals surface area contributed by atoms with Crippen molar-refractivity contribution in [1.82, 2.24) is 10.3 Å². The highest BCUT2D eigenvalue weighted by atomic mass is 16.2. The fourth-order valence-electron chi connectivity index (χ4n) is 3.49. The van der Waals surface area contributed by atoms with Gasteiger partial charge in [-0.15, -0.1) is 0 Å². The number of carbonyl (C=O) groups excluding carboxylic acids is 1. The summed E-state index contributed by atoms with van der Waals surface area (Å²) >= 11 is 0. The molecule has 120 valence electrons. The predicted octanol–water partition coefficient (Wildman–Crippen LogP) is 3.08. The van der Waals surface area contributed by atoms with Gasteiger partial charge in [0.25, 0.3) is 5.91 Å². The molecule has 2 aromatic rings. The van der Waals surface area contributed by atoms with Gasteiger partial charge in [0.05, 0.1) is 0 Å². The van der Waals surface area contributed by atoms with E-state index in [1.54, 1.807) is 12.1 Å². The Balaban J connectivity index is 1.71. The largest absolute Gasteiger partial charge is 0.350 e. The Kier molecular flexibility index (Phi) is 4.91. The lowest BCUT2D eigenvalue weighted by Crippen LogP contribution is -2.32. The normalized spacial score (nSPS) is 16.2. The summed E-state index contributed by atoms with van der Waals surface area (Å²) in [6.45, 7) is 0.602. The van der Waals surface area contributed by atoms with E-state index in [1.165, 1.54) is 37.3 Å². The number of aromatic amines is 1. The minimum atomic E-state index is -0.256. The van der Waals surface area contributed by atoms with Crippen molar-refractivity contribution in [3.8, 4) is 0 Å². The summed E-state index contributed by atoms with van der Waals surface area (Å²) in [7, 11) is 0. The number of H-pyrrole nitrogens is 1. The third-order valence-corrected chi connectivity index (χ3v) is 4.69. The van der Waals surface area contributed by atoms with Crippen LogP contribution in [0.25, 0.3) is 0 Å². The van der Waals surface area contributed by atoms with Crippen molar-refractivity contribution in [2.75, 3.05) is 6.54 Å². The van der Waals surface area contributed by atoms with E-state index in [4.69, 9.17) is 0 Å². The summed E-state index contributed by atoms with van der Waals surface area (Å²) in [5.41, 5.74) is 1.34. The minimum Gasteiger partial charge on any atom is -0.350 e. The summed E-state index contributed by atoms with van der Waals surface area (Å²) in [5.74, 6) is 0.729. The van der Waals surface area contributed by atoms with E-state index in [2.05, 4.69) is 22.4 Å². The second kappa shape index (κ2) is 7.27. The molecule has 0 aliphatic heterocycles. The third kappa shape index (κ3) is 3.89. The van der Waals surface area contributed by atoms with Crippen molar-refractivity contribution < 1.29 is 4.79 Å². The summed E-state index contributed by atoms with van der Waals surface area (Å²) < 4.78 is 0. The predicted molar refractivity (Wildman–Crippen MR) is 90.5 cm³/mol. The van der Waals surface area contributed by atoms with Gasteiger partial charge < -0.3 is 10.3 Å². The Morgan fingerprint density at radius 3 is 2.52 bits per heavy atom. The van der Waals surface area contributed by atoms with E-state index in [0.717, 1.165) is 0 Å². The van der Waals surface area contributed by atoms with Gasteiger partial charge in [0.2, 0.25) is 5.56 Å². The monoisotopic (exact) mass is 310 g/mol. The van der Waals surface area contributed by atoms with Crippen LogP contribution in [0.1, 0.15) is 47.7 Å². The molecule has 1 aliphatic carbocycles. The maximum Gasteiger partial charge on any atom is 0.267 e. The van der Waals surface area contributed by atoms with Crippen LogP contribution in [0.4, 0.5) is 0 Å². The Hall–Kier alpha value is -2.36. The van der Waals surface area contributed by atoms with Gasteiger partial charge in [-0.05, 0) is 30.4 Å². The first kappa shape index (κ1) is 15.5. The highest BCUT2D eigenvalue weighted by Gasteiger charge is 2.26. The number of nitrogens with one attached hydrogen (secondary N) is 2. The number of hydrogen-bond acceptors (Lipinski definition) is 2. The minimum absolute atomic E-state index is 0.221. The smallest absolute Gasteiger partial charge is 0.267 e. The zero-order valence-corrected chi connectivity index (χ0v) is 13.1. The van der Waals surface area contributed by atoms with E-state index >= 15 is 0 Å². The summed E-state index contributed by atoms with van der Waals surface area (Å²) in [6.07, 6.45) is 4.98. The number of rotatable bonds is 5. The van der Waals surface area contributed by atoms with E-state index in [0.29, 0.717) is 24.1 Å². The highest BCUT2D eigenvalue weighted by Crippen LogP contribution is 2.36. The van der Waals surface area contributed by atoms with Crippen LogP contribution in [0.2, 0.25) is 0 Å². The number of carbonyl (C=O) groups is 1. The SMILES string of the molecule is O=C(NC[C@H](c1ccccc1)C1CCCC1)c1cccc(=O)[nH]1. The Labute approximate surface area is 135 Å². The molecule has 1 saturated carbocycles. The average molecular weight is 310 g/mol. The van der Waals surface area contributed by atoms with Crippen molar-refractivity contribution in [2.45, 2.75) is 31.6 Å². The van der Waals surface area contributed by atoms with Crippen molar-refractivity contribution in [3.63, 3.8) is 0 Å². The molecule has 4 nitrogen and oxygen atoms in total. The van der Waals surface area contributed by atoms with Crippen LogP contribution in [0.15, 0.2) is 53.3 Å². The second-order valence-electron chi connectivity index (χ2n) is 6.20. The van der Waals surface area contributed by atoms with Crippen molar-refractivity contribution >= 4 is 5.91 Å². The van der Waals surface area contributed by atoms with Gasteiger partial charge in [0, 0.05) is 18.5 Å². The van der Waals surface area contributed by atoms with Crippen molar-refractivity contribution in [1.29, 1.82) is 0 Å². The zero-order valence-electron chi connectivity index (χ0n) is 13.1. The number of pyridine rings is 1. The highest BCUT2D eigenvalue weighted by molar-refractivity contribution is 5.92. The number of benzene rings is 1. The van der Waals surface area contributed by atoms with E-state index < -0.39 is 0 Å². The van der Waals surface area contributed by atoms with Crippen LogP contribution >= 0.6 is 0 Å². The summed E-state index contributed by atoms with van der Waals surface area (Å²) in [4.78, 5) is 26.2. The van der Waals surface area contributed by atoms with Gasteiger partial charge in [-0.1, -0.05) is 49.2 Å². The number of amides is 1. The molecule has 1 atom stereocenters. The van der Waals surface area contributed by atoms with E-state index in [9.17, 15) is 9.59 Å². The van der Waals surface area contributed by atoms with E-state index in [-0.39, 0.29) is 11.5 Å². The molecule has 1 fully saturated rings. The van der Waals surface area contributed by atoms with Crippen molar-refractivity contribution in [3.05, 3.63) is 70.1 Å². The lowest BCUT2D eigenvalue weighted by Gasteiger charge is -2.24. The van der Waals surface area contributed by atoms with Gasteiger partial charge in [-0.25, -0.2) is 0 Å². The third-order valence-electron chi connectivity index (χ3n) is 4.69. The van der Waals surface area contributed by atoms with Crippen LogP contribution in [0.3, 0.4) is 0 Å². The molecule has 4 heteroatoms. The molecule has 0 spiro atoms. The number of aromatic nitrogens is 1. The van der Waals surface area contributed by atoms with Gasteiger partial charge in [0.15, 0.2) is 0 Å². The van der Waals surface area contributed by atoms with Crippen LogP contribution in [0, 0.1) is 5.92 Å². The van der Waals surface area contributed by atoms with Gasteiger partial charge in [-0.2, -0.15) is 0 Å². The summed E-state index contributed by atoms with van der Waals surface area (Å²) in [5, 5.41) is 2.99. The fraction of sp³-hybridized carbons (Fsp3) is 0.368. The van der Waals surface area contributed by atoms with Crippen LogP contribution in [0.5, 0.6) is 0 Å². The average Bonchev–Trinajstić information content (AvgIpc) is 3.10. The van der Waals surface area contributed by atoms with Crippen LogP contribution in [-0.2, 0) is 0 Å². The molecule has 2 N–H and O–H groups in total. The molecule has 1 aliphatic rings. The summed E-state index contributed by atoms with van der Waals surface area (Å²) in [6, 6.07) is 15.0. The molecule has 1 aromatic carbocycles. The second-order valence-corrected chi connectivity index (χ2v) is 6.20.